The lowest BCUT2D eigenvalue weighted by Crippen LogP contribution is -2.46. The number of aromatic amines is 1. The van der Waals surface area contributed by atoms with Crippen LogP contribution < -0.4 is 4.90 Å². The maximum Gasteiger partial charge on any atom is 0.158 e. The van der Waals surface area contributed by atoms with E-state index in [-0.39, 0.29) is 0 Å². The van der Waals surface area contributed by atoms with Crippen LogP contribution in [0, 0.1) is 0 Å². The first-order chi connectivity index (χ1) is 14.3. The summed E-state index contributed by atoms with van der Waals surface area (Å²) >= 11 is 2.26. The third-order valence-corrected chi connectivity index (χ3v) is 8.79. The molecule has 1 N–H and O–H groups in total. The van der Waals surface area contributed by atoms with E-state index in [1.165, 1.54) is 75.8 Å². The third-order valence-electron chi connectivity index (χ3n) is 7.15. The van der Waals surface area contributed by atoms with E-state index in [1.54, 1.807) is 0 Å². The summed E-state index contributed by atoms with van der Waals surface area (Å²) in [4.78, 5) is 7.82. The largest absolute Gasteiger partial charge is 0.352 e. The Morgan fingerprint density at radius 3 is 2.52 bits per heavy atom. The predicted molar refractivity (Wildman–Crippen MR) is 124 cm³/mol. The van der Waals surface area contributed by atoms with Crippen LogP contribution in [0.25, 0.3) is 10.9 Å². The van der Waals surface area contributed by atoms with Gasteiger partial charge in [0, 0.05) is 48.7 Å². The smallest absolute Gasteiger partial charge is 0.158 e. The number of anilines is 1. The number of fused-ring (bicyclic) bond motifs is 1. The molecule has 5 rings (SSSR count). The molecular formula is C23H35N5S. The van der Waals surface area contributed by atoms with Crippen molar-refractivity contribution in [2.75, 3.05) is 56.6 Å². The van der Waals surface area contributed by atoms with Crippen LogP contribution in [0.5, 0.6) is 0 Å². The number of unbranched alkanes of at least 4 members (excludes halogenated alkanes) is 1. The van der Waals surface area contributed by atoms with E-state index in [4.69, 9.17) is 0 Å². The first kappa shape index (κ1) is 19.7. The number of hydrogen-bond donors (Lipinski definition) is 1. The average molecular weight is 414 g/mol. The summed E-state index contributed by atoms with van der Waals surface area (Å²) in [6.45, 7) is 8.39. The fraction of sp³-hybridized carbons (Fsp3) is 0.696. The molecule has 0 bridgehead atoms. The minimum absolute atomic E-state index is 0.630. The van der Waals surface area contributed by atoms with Crippen molar-refractivity contribution < 1.29 is 0 Å². The normalized spacial score (nSPS) is 23.4. The molecule has 3 fully saturated rings. The van der Waals surface area contributed by atoms with Crippen LogP contribution in [0.2, 0.25) is 0 Å². The molecular weight excluding hydrogens is 378 g/mol. The van der Waals surface area contributed by atoms with Gasteiger partial charge in [-0.05, 0) is 50.9 Å². The molecule has 0 unspecified atom stereocenters. The first-order valence-corrected chi connectivity index (χ1v) is 12.6. The van der Waals surface area contributed by atoms with Gasteiger partial charge in [0.1, 0.15) is 0 Å². The highest BCUT2D eigenvalue weighted by Crippen LogP contribution is 2.45. The second kappa shape index (κ2) is 8.86. The maximum atomic E-state index is 4.57. The Morgan fingerprint density at radius 1 is 0.931 bits per heavy atom. The molecule has 29 heavy (non-hydrogen) atoms. The van der Waals surface area contributed by atoms with Crippen LogP contribution in [0.1, 0.15) is 44.9 Å². The highest BCUT2D eigenvalue weighted by Gasteiger charge is 2.39. The molecule has 1 aliphatic carbocycles. The standard InChI is InChI=1S/C23H35N5S/c1-4-10-23(11-5-1)18-27(19-29-23)13-7-6-12-26-14-16-28(17-15-26)22-20-8-2-3-9-21(20)24-25-22/h2-3,8-9H,1,4-7,10-19H2,(H,24,25). The number of nitrogens with zero attached hydrogens (tertiary/aromatic N) is 4. The van der Waals surface area contributed by atoms with Gasteiger partial charge in [-0.15, -0.1) is 11.8 Å². The van der Waals surface area contributed by atoms with Gasteiger partial charge in [-0.3, -0.25) is 14.9 Å². The second-order valence-electron chi connectivity index (χ2n) is 9.20. The molecule has 0 atom stereocenters. The molecule has 1 saturated carbocycles. The number of para-hydroxylation sites is 1. The van der Waals surface area contributed by atoms with Crippen LogP contribution in [-0.2, 0) is 0 Å². The Bertz CT molecular complexity index is 791. The summed E-state index contributed by atoms with van der Waals surface area (Å²) in [6, 6.07) is 8.45. The zero-order valence-electron chi connectivity index (χ0n) is 17.6. The molecule has 1 spiro atoms. The van der Waals surface area contributed by atoms with Crippen molar-refractivity contribution >= 4 is 28.5 Å². The zero-order chi connectivity index (χ0) is 19.5. The zero-order valence-corrected chi connectivity index (χ0v) is 18.4. The van der Waals surface area contributed by atoms with E-state index >= 15 is 0 Å². The van der Waals surface area contributed by atoms with Crippen LogP contribution in [0.4, 0.5) is 5.82 Å². The second-order valence-corrected chi connectivity index (χ2v) is 10.6. The predicted octanol–water partition coefficient (Wildman–Crippen LogP) is 4.17. The van der Waals surface area contributed by atoms with Gasteiger partial charge in [0.25, 0.3) is 0 Å². The Morgan fingerprint density at radius 2 is 1.69 bits per heavy atom. The number of aromatic nitrogens is 2. The van der Waals surface area contributed by atoms with Gasteiger partial charge in [-0.1, -0.05) is 31.4 Å². The molecule has 3 aliphatic rings. The molecule has 2 aromatic rings. The maximum absolute atomic E-state index is 4.57. The molecule has 3 heterocycles. The van der Waals surface area contributed by atoms with Crippen LogP contribution in [0.15, 0.2) is 24.3 Å². The van der Waals surface area contributed by atoms with Crippen molar-refractivity contribution in [1.29, 1.82) is 0 Å². The lowest BCUT2D eigenvalue weighted by molar-refractivity contribution is 0.236. The monoisotopic (exact) mass is 413 g/mol. The summed E-state index contributed by atoms with van der Waals surface area (Å²) in [5.41, 5.74) is 1.14. The number of hydrogen-bond acceptors (Lipinski definition) is 5. The van der Waals surface area contributed by atoms with Gasteiger partial charge in [0.05, 0.1) is 5.52 Å². The van der Waals surface area contributed by atoms with Crippen LogP contribution in [0.3, 0.4) is 0 Å². The highest BCUT2D eigenvalue weighted by atomic mass is 32.2. The number of benzene rings is 1. The topological polar surface area (TPSA) is 38.4 Å². The molecule has 2 aliphatic heterocycles. The SMILES string of the molecule is c1ccc2c(N3CCN(CCCCN4CSC5(CCCCC5)C4)CC3)n[nH]c2c1. The Kier molecular flexibility index (Phi) is 6.02. The Hall–Kier alpha value is -1.24. The van der Waals surface area contributed by atoms with Crippen molar-refractivity contribution in [3.05, 3.63) is 24.3 Å². The van der Waals surface area contributed by atoms with E-state index in [9.17, 15) is 0 Å². The van der Waals surface area contributed by atoms with E-state index < -0.39 is 0 Å². The number of thioether (sulfide) groups is 1. The lowest BCUT2D eigenvalue weighted by Gasteiger charge is -2.35. The minimum Gasteiger partial charge on any atom is -0.352 e. The van der Waals surface area contributed by atoms with Gasteiger partial charge in [0.15, 0.2) is 5.82 Å². The summed E-state index contributed by atoms with van der Waals surface area (Å²) in [7, 11) is 0. The summed E-state index contributed by atoms with van der Waals surface area (Å²) in [5, 5.41) is 9.00. The minimum atomic E-state index is 0.630. The Labute approximate surface area is 179 Å². The fourth-order valence-electron chi connectivity index (χ4n) is 5.41. The summed E-state index contributed by atoms with van der Waals surface area (Å²) in [5.74, 6) is 2.40. The average Bonchev–Trinajstić information content (AvgIpc) is 3.37. The van der Waals surface area contributed by atoms with E-state index in [0.29, 0.717) is 4.75 Å². The van der Waals surface area contributed by atoms with E-state index in [1.807, 2.05) is 0 Å². The van der Waals surface area contributed by atoms with Crippen molar-refractivity contribution in [3.8, 4) is 0 Å². The van der Waals surface area contributed by atoms with Gasteiger partial charge < -0.3 is 4.90 Å². The van der Waals surface area contributed by atoms with Gasteiger partial charge in [0.2, 0.25) is 0 Å². The molecule has 6 heteroatoms. The van der Waals surface area contributed by atoms with Gasteiger partial charge in [-0.2, -0.15) is 5.10 Å². The summed E-state index contributed by atoms with van der Waals surface area (Å²) in [6.07, 6.45) is 9.99. The van der Waals surface area contributed by atoms with Crippen LogP contribution in [-0.4, -0.2) is 76.4 Å². The number of piperazine rings is 1. The van der Waals surface area contributed by atoms with Crippen molar-refractivity contribution in [2.24, 2.45) is 0 Å². The third kappa shape index (κ3) is 4.44. The Balaban J connectivity index is 1.02. The molecule has 1 aromatic heterocycles. The summed E-state index contributed by atoms with van der Waals surface area (Å²) < 4.78 is 0.630. The molecule has 5 nitrogen and oxygen atoms in total. The quantitative estimate of drug-likeness (QED) is 0.720. The van der Waals surface area contributed by atoms with E-state index in [0.717, 1.165) is 37.5 Å². The number of rotatable bonds is 6. The van der Waals surface area contributed by atoms with Crippen molar-refractivity contribution in [2.45, 2.75) is 49.7 Å². The van der Waals surface area contributed by atoms with E-state index in [2.05, 4.69) is 60.9 Å². The fourth-order valence-corrected chi connectivity index (χ4v) is 6.94. The number of nitrogens with one attached hydrogen (secondary N) is 1. The lowest BCUT2D eigenvalue weighted by atomic mass is 9.88. The molecule has 0 radical (unpaired) electrons. The van der Waals surface area contributed by atoms with Gasteiger partial charge in [-0.25, -0.2) is 0 Å². The van der Waals surface area contributed by atoms with Gasteiger partial charge >= 0.3 is 0 Å². The molecule has 1 aromatic carbocycles. The first-order valence-electron chi connectivity index (χ1n) is 11.6. The highest BCUT2D eigenvalue weighted by molar-refractivity contribution is 8.00. The van der Waals surface area contributed by atoms with Crippen LogP contribution >= 0.6 is 11.8 Å². The molecule has 0 amide bonds. The molecule has 158 valence electrons. The number of H-pyrrole nitrogens is 1. The van der Waals surface area contributed by atoms with Crippen molar-refractivity contribution in [3.63, 3.8) is 0 Å². The molecule has 2 saturated heterocycles. The van der Waals surface area contributed by atoms with Crippen molar-refractivity contribution in [1.82, 2.24) is 20.0 Å².